The van der Waals surface area contributed by atoms with Crippen molar-refractivity contribution in [1.82, 2.24) is 0 Å². The Labute approximate surface area is 797 Å². The number of unbranched alkanes of at least 4 members (excludes halogenated alkanes) is 2. The van der Waals surface area contributed by atoms with Gasteiger partial charge in [-0.2, -0.15) is 0 Å². The molecule has 0 fully saturated rings. The Kier molecular flexibility index (Phi) is 46.4. The summed E-state index contributed by atoms with van der Waals surface area (Å²) >= 11 is 0. The molecule has 11 aromatic rings. The lowest BCUT2D eigenvalue weighted by atomic mass is 10.0. The Morgan fingerprint density at radius 2 is 0.549 bits per heavy atom. The van der Waals surface area contributed by atoms with Gasteiger partial charge in [0, 0.05) is 0 Å². The second-order valence-corrected chi connectivity index (χ2v) is 37.5. The molecule has 0 saturated carbocycles. The molecule has 133 heavy (non-hydrogen) atoms. The lowest BCUT2D eigenvalue weighted by Crippen LogP contribution is -2.51. The number of ether oxygens (including phenoxy) is 6. The molecule has 0 radical (unpaired) electrons. The van der Waals surface area contributed by atoms with E-state index >= 15 is 0 Å². The predicted molar refractivity (Wildman–Crippen MR) is 549 cm³/mol. The van der Waals surface area contributed by atoms with E-state index in [0.29, 0.717) is 67.5 Å². The molecule has 0 heterocycles. The van der Waals surface area contributed by atoms with Crippen LogP contribution < -0.4 is 0 Å². The maximum absolute atomic E-state index is 12.6. The van der Waals surface area contributed by atoms with E-state index in [1.807, 2.05) is 224 Å². The van der Waals surface area contributed by atoms with E-state index in [1.165, 1.54) is 44.3 Å². The number of aryl methyl sites for hydroxylation is 1. The van der Waals surface area contributed by atoms with Gasteiger partial charge in [-0.15, -0.1) is 0 Å². The minimum atomic E-state index is -0.245. The highest BCUT2D eigenvalue weighted by molar-refractivity contribution is 6.07. The number of nitrogens with zero attached hydrogens (tertiary/aromatic N) is 6. The van der Waals surface area contributed by atoms with Crippen molar-refractivity contribution >= 4 is 89.7 Å². The number of carbonyl (C=O) groups is 6. The molecule has 0 aliphatic heterocycles. The molecule has 1 aliphatic carbocycles. The van der Waals surface area contributed by atoms with Crippen LogP contribution in [0.4, 0.5) is 0 Å². The molecule has 1 aliphatic rings. The van der Waals surface area contributed by atoms with Crippen LogP contribution in [0.2, 0.25) is 0 Å². The van der Waals surface area contributed by atoms with E-state index in [4.69, 9.17) is 28.4 Å². The lowest BCUT2D eigenvalue weighted by Gasteiger charge is -2.37. The molecular weight excluding hydrogens is 1660 g/mol. The van der Waals surface area contributed by atoms with Gasteiger partial charge in [-0.25, -0.2) is 24.0 Å². The Balaban J connectivity index is 0.000000219. The smallest absolute Gasteiger partial charge is 0.338 e. The monoisotopic (exact) mass is 1820 g/mol. The largest absolute Gasteiger partial charge is 0.459 e. The predicted octanol–water partition coefficient (Wildman–Crippen LogP) is 23.3. The van der Waals surface area contributed by atoms with Gasteiger partial charge in [-0.3, -0.25) is 4.79 Å². The van der Waals surface area contributed by atoms with Gasteiger partial charge in [-0.1, -0.05) is 255 Å². The molecule has 0 N–H and O–H groups in total. The summed E-state index contributed by atoms with van der Waals surface area (Å²) in [5.41, 5.74) is 5.71. The van der Waals surface area contributed by atoms with Crippen molar-refractivity contribution in [3.8, 4) is 0 Å². The molecule has 0 aromatic heterocycles. The zero-order valence-electron chi connectivity index (χ0n) is 84.2. The number of hydrogen-bond acceptors (Lipinski definition) is 12. The summed E-state index contributed by atoms with van der Waals surface area (Å²) in [4.78, 5) is 74.1. The molecule has 0 spiro atoms. The molecule has 18 nitrogen and oxygen atoms in total. The van der Waals surface area contributed by atoms with Crippen LogP contribution in [-0.2, 0) is 39.6 Å². The Hall–Kier alpha value is -10.7. The number of hydrogen-bond donors (Lipinski definition) is 0. The quantitative estimate of drug-likeness (QED) is 0.0202. The molecule has 11 aromatic carbocycles. The first-order chi connectivity index (χ1) is 64.0. The zero-order valence-corrected chi connectivity index (χ0v) is 84.2. The molecule has 0 saturated heterocycles. The van der Waals surface area contributed by atoms with Crippen LogP contribution >= 0.6 is 0 Å². The van der Waals surface area contributed by atoms with E-state index in [0.717, 1.165) is 230 Å². The lowest BCUT2D eigenvalue weighted by molar-refractivity contribution is -0.926. The molecule has 0 amide bonds. The summed E-state index contributed by atoms with van der Waals surface area (Å²) in [6.07, 6.45) is 11.4. The van der Waals surface area contributed by atoms with Crippen molar-refractivity contribution in [3.63, 3.8) is 0 Å². The summed E-state index contributed by atoms with van der Waals surface area (Å²) in [5.74, 6) is -1.22. The van der Waals surface area contributed by atoms with Crippen LogP contribution in [0.15, 0.2) is 237 Å². The Morgan fingerprint density at radius 3 is 0.887 bits per heavy atom. The third-order valence-corrected chi connectivity index (χ3v) is 26.4. The van der Waals surface area contributed by atoms with Crippen molar-refractivity contribution in [2.75, 3.05) is 200 Å². The summed E-state index contributed by atoms with van der Waals surface area (Å²) in [6, 6.07) is 76.7. The highest BCUT2D eigenvalue weighted by Crippen LogP contribution is 2.34. The third kappa shape index (κ3) is 34.6. The summed E-state index contributed by atoms with van der Waals surface area (Å²) in [5, 5.41) is 10.3. The van der Waals surface area contributed by atoms with Gasteiger partial charge in [0.1, 0.15) is 78.9 Å². The average molecular weight is 1820 g/mol. The van der Waals surface area contributed by atoms with Crippen LogP contribution in [-0.4, -0.2) is 262 Å². The minimum absolute atomic E-state index is 0.0475. The number of benzene rings is 11. The minimum Gasteiger partial charge on any atom is -0.459 e. The molecule has 718 valence electrons. The first kappa shape index (κ1) is 109. The van der Waals surface area contributed by atoms with Crippen molar-refractivity contribution < 1.29 is 84.1 Å². The van der Waals surface area contributed by atoms with E-state index in [9.17, 15) is 28.8 Å². The molecule has 3 unspecified atom stereocenters. The van der Waals surface area contributed by atoms with Gasteiger partial charge in [0.25, 0.3) is 0 Å². The number of carbonyl (C=O) groups excluding carboxylic acids is 6. The number of esters is 6. The molecular formula is C115H162N6O12+6. The Bertz CT molecular complexity index is 5340. The third-order valence-electron chi connectivity index (χ3n) is 26.4. The van der Waals surface area contributed by atoms with Gasteiger partial charge in [-0.05, 0) is 194 Å². The highest BCUT2D eigenvalue weighted by Gasteiger charge is 2.32. The number of fused-ring (bicyclic) bond motifs is 6. The summed E-state index contributed by atoms with van der Waals surface area (Å²) in [6.45, 7) is 48.2. The second-order valence-electron chi connectivity index (χ2n) is 37.5. The summed E-state index contributed by atoms with van der Waals surface area (Å²) < 4.78 is 38.9. The van der Waals surface area contributed by atoms with Gasteiger partial charge < -0.3 is 55.3 Å². The zero-order chi connectivity index (χ0) is 96.7. The standard InChI is InChI=1S/2C22H32NO2.C21H30NO2.C19H26NO2.C16H20NO2.C15H22NO2/c1-4-7-16-23(6-3,15-5-2)17-18-25-22(24)21-14-10-12-19-11-8-9-13-20(19)21;1-4-7-15-23(6-3,14-5-2)16-17-25-22(24)21-13-12-19-10-8-9-11-20(19)18-21;1-4-14-22(6-3,15-5-2)16-17-24-21(23)20-13-9-11-18-10-7-8-12-19(18)20;1-4-20(5-2,6-3)14-15-22-19(21)18-13-9-11-16-10-7-8-12-17(16)18;1-17(2,3)11-12-19-16(18)15-10-6-8-13-7-4-5-9-14(13)15;1-16(2,3)10-11-18-15(17)14-9-8-12-6-4-5-7-13(12)14/h8-14H,4-7,15-18H2,1-3H3;8-13,18H,4-7,14-17H2,1-3H3;7-13H,4-6,14-17H2,1-3H3;7-13H,4-6,14-15H2,1-3H3;4-10H,11-12H2,1-3H3;4-7,14H,8-11H2,1-3H3/q6*+1. The maximum atomic E-state index is 12.6. The first-order valence-electron chi connectivity index (χ1n) is 49.6. The van der Waals surface area contributed by atoms with Gasteiger partial charge in [0.05, 0.1) is 155 Å². The van der Waals surface area contributed by atoms with Crippen LogP contribution in [0.1, 0.15) is 210 Å². The highest BCUT2D eigenvalue weighted by atomic mass is 16.6. The van der Waals surface area contributed by atoms with Crippen LogP contribution in [0.3, 0.4) is 0 Å². The number of quaternary nitrogens is 6. The maximum Gasteiger partial charge on any atom is 0.338 e. The topological polar surface area (TPSA) is 158 Å². The van der Waals surface area contributed by atoms with Gasteiger partial charge in [0.15, 0.2) is 0 Å². The number of likely N-dealkylation sites (N-methyl/N-ethyl adjacent to an activating group) is 6. The van der Waals surface area contributed by atoms with Crippen molar-refractivity contribution in [2.24, 2.45) is 0 Å². The number of rotatable bonds is 44. The van der Waals surface area contributed by atoms with Crippen LogP contribution in [0.25, 0.3) is 53.9 Å². The SMILES string of the molecule is CCCC[N+](CC)(CCC)CCOC(=O)c1ccc2ccccc2c1.CCCC[N+](CC)(CCC)CCOC(=O)c1cccc2ccccc12.CCC[N+](CC)(CCC)CCOC(=O)c1cccc2ccccc12.CC[N+](CC)(CC)CCOC(=O)c1cccc2ccccc12.C[N+](C)(C)CCOC(=O)C1CCc2ccccc21.C[N+](C)(C)CCOC(=O)c1cccc2ccccc12. The van der Waals surface area contributed by atoms with Crippen molar-refractivity contribution in [1.29, 1.82) is 0 Å². The fourth-order valence-corrected chi connectivity index (χ4v) is 17.8. The van der Waals surface area contributed by atoms with Crippen molar-refractivity contribution in [2.45, 2.75) is 153 Å². The van der Waals surface area contributed by atoms with E-state index in [-0.39, 0.29) is 41.7 Å². The second kappa shape index (κ2) is 56.5. The van der Waals surface area contributed by atoms with E-state index in [1.54, 1.807) is 0 Å². The van der Waals surface area contributed by atoms with E-state index < -0.39 is 0 Å². The molecule has 0 bridgehead atoms. The van der Waals surface area contributed by atoms with Gasteiger partial charge in [0.2, 0.25) is 0 Å². The normalized spacial score (nSPS) is 13.3. The molecule has 18 heteroatoms. The van der Waals surface area contributed by atoms with Crippen molar-refractivity contribution in [3.05, 3.63) is 276 Å². The molecule has 12 rings (SSSR count). The van der Waals surface area contributed by atoms with E-state index in [2.05, 4.69) is 138 Å². The fourth-order valence-electron chi connectivity index (χ4n) is 17.8. The fraction of sp³-hybridized carbons (Fsp3) is 0.461. The first-order valence-corrected chi connectivity index (χ1v) is 49.6. The summed E-state index contributed by atoms with van der Waals surface area (Å²) in [7, 11) is 12.5. The average Bonchev–Trinajstić information content (AvgIpc) is 1.80. The Morgan fingerprint density at radius 1 is 0.263 bits per heavy atom. The van der Waals surface area contributed by atoms with Gasteiger partial charge >= 0.3 is 35.8 Å². The molecule has 3 atom stereocenters. The van der Waals surface area contributed by atoms with Crippen LogP contribution in [0.5, 0.6) is 0 Å². The van der Waals surface area contributed by atoms with Crippen LogP contribution in [0, 0.1) is 0 Å².